The molecule has 1 unspecified atom stereocenters. The molecule has 1 heterocycles. The predicted octanol–water partition coefficient (Wildman–Crippen LogP) is 1.14. The quantitative estimate of drug-likeness (QED) is 0.693. The van der Waals surface area contributed by atoms with E-state index < -0.39 is 0 Å². The van der Waals surface area contributed by atoms with Crippen LogP contribution in [-0.2, 0) is 11.2 Å². The molecule has 0 radical (unpaired) electrons. The molecule has 0 spiro atoms. The van der Waals surface area contributed by atoms with Gasteiger partial charge in [-0.15, -0.1) is 0 Å². The van der Waals surface area contributed by atoms with Gasteiger partial charge in [0.1, 0.15) is 0 Å². The smallest absolute Gasteiger partial charge is 0.0720 e. The lowest BCUT2D eigenvalue weighted by Gasteiger charge is -2.11. The third kappa shape index (κ3) is 4.60. The second-order valence-electron chi connectivity index (χ2n) is 5.28. The van der Waals surface area contributed by atoms with E-state index in [1.807, 2.05) is 6.07 Å². The van der Waals surface area contributed by atoms with Gasteiger partial charge in [-0.05, 0) is 18.9 Å². The Bertz CT molecular complexity index is 361. The topological polar surface area (TPSA) is 59.3 Å². The highest BCUT2D eigenvalue weighted by molar-refractivity contribution is 5.02. The van der Waals surface area contributed by atoms with Crippen LogP contribution in [0.15, 0.2) is 12.3 Å². The zero-order valence-electron chi connectivity index (χ0n) is 11.7. The van der Waals surface area contributed by atoms with E-state index in [0.717, 1.165) is 12.2 Å². The maximum Gasteiger partial charge on any atom is 0.0720 e. The van der Waals surface area contributed by atoms with Crippen LogP contribution in [0.25, 0.3) is 0 Å². The number of aliphatic hydroxyl groups excluding tert-OH is 1. The fourth-order valence-corrected chi connectivity index (χ4v) is 2.61. The van der Waals surface area contributed by atoms with Crippen molar-refractivity contribution < 1.29 is 9.84 Å². The lowest BCUT2D eigenvalue weighted by atomic mass is 10.2. The highest BCUT2D eigenvalue weighted by Gasteiger charge is 2.18. The minimum Gasteiger partial charge on any atom is -0.391 e. The van der Waals surface area contributed by atoms with Gasteiger partial charge in [-0.25, -0.2) is 0 Å². The fourth-order valence-electron chi connectivity index (χ4n) is 2.61. The van der Waals surface area contributed by atoms with Gasteiger partial charge in [0.2, 0.25) is 0 Å². The first-order chi connectivity index (χ1) is 9.29. The molecule has 0 aromatic carbocycles. The summed E-state index contributed by atoms with van der Waals surface area (Å²) >= 11 is 0. The molecular weight excluding hydrogens is 242 g/mol. The highest BCUT2D eigenvalue weighted by Crippen LogP contribution is 2.28. The molecule has 1 fully saturated rings. The molecule has 0 saturated heterocycles. The molecule has 0 bridgehead atoms. The molecule has 2 rings (SSSR count). The van der Waals surface area contributed by atoms with Crippen molar-refractivity contribution in [3.8, 4) is 0 Å². The van der Waals surface area contributed by atoms with E-state index in [9.17, 15) is 5.11 Å². The Kier molecular flexibility index (Phi) is 5.82. The van der Waals surface area contributed by atoms with Crippen LogP contribution in [0.5, 0.6) is 0 Å². The number of aliphatic hydroxyl groups is 1. The zero-order valence-corrected chi connectivity index (χ0v) is 11.7. The number of hydrogen-bond acceptors (Lipinski definition) is 4. The monoisotopic (exact) mass is 267 g/mol. The van der Waals surface area contributed by atoms with Crippen LogP contribution in [0.4, 0.5) is 0 Å². The van der Waals surface area contributed by atoms with Crippen LogP contribution in [0.2, 0.25) is 0 Å². The number of rotatable bonds is 8. The largest absolute Gasteiger partial charge is 0.391 e. The molecule has 1 aromatic rings. The standard InChI is InChI=1S/C14H25N3O2/c1-19-9-7-15-11-14(18)10-12-6-8-17(16-12)13-4-2-3-5-13/h6,8,13-15,18H,2-5,7,9-11H2,1H3. The summed E-state index contributed by atoms with van der Waals surface area (Å²) in [7, 11) is 1.67. The van der Waals surface area contributed by atoms with Gasteiger partial charge in [0, 0.05) is 32.8 Å². The predicted molar refractivity (Wildman–Crippen MR) is 74.2 cm³/mol. The Balaban J connectivity index is 1.72. The molecular formula is C14H25N3O2. The third-order valence-corrected chi connectivity index (χ3v) is 3.67. The van der Waals surface area contributed by atoms with Crippen molar-refractivity contribution in [2.75, 3.05) is 26.8 Å². The van der Waals surface area contributed by atoms with Gasteiger partial charge in [0.25, 0.3) is 0 Å². The van der Waals surface area contributed by atoms with Crippen molar-refractivity contribution in [3.63, 3.8) is 0 Å². The molecule has 0 aliphatic heterocycles. The van der Waals surface area contributed by atoms with Crippen molar-refractivity contribution in [1.29, 1.82) is 0 Å². The molecule has 19 heavy (non-hydrogen) atoms. The highest BCUT2D eigenvalue weighted by atomic mass is 16.5. The summed E-state index contributed by atoms with van der Waals surface area (Å²) in [6.07, 6.45) is 7.38. The third-order valence-electron chi connectivity index (χ3n) is 3.67. The lowest BCUT2D eigenvalue weighted by molar-refractivity contribution is 0.159. The number of aromatic nitrogens is 2. The van der Waals surface area contributed by atoms with Crippen molar-refractivity contribution in [2.45, 2.75) is 44.2 Å². The molecule has 5 nitrogen and oxygen atoms in total. The number of methoxy groups -OCH3 is 1. The summed E-state index contributed by atoms with van der Waals surface area (Å²) in [5.41, 5.74) is 0.980. The van der Waals surface area contributed by atoms with Gasteiger partial charge >= 0.3 is 0 Å². The van der Waals surface area contributed by atoms with E-state index in [2.05, 4.69) is 21.3 Å². The average molecular weight is 267 g/mol. The first-order valence-corrected chi connectivity index (χ1v) is 7.21. The second-order valence-corrected chi connectivity index (χ2v) is 5.28. The molecule has 1 aliphatic rings. The van der Waals surface area contributed by atoms with Crippen molar-refractivity contribution in [1.82, 2.24) is 15.1 Å². The van der Waals surface area contributed by atoms with E-state index in [4.69, 9.17) is 4.74 Å². The normalized spacial score (nSPS) is 18.0. The second kappa shape index (κ2) is 7.62. The van der Waals surface area contributed by atoms with Gasteiger partial charge in [-0.2, -0.15) is 5.10 Å². The van der Waals surface area contributed by atoms with E-state index in [-0.39, 0.29) is 6.10 Å². The average Bonchev–Trinajstić information content (AvgIpc) is 3.04. The summed E-state index contributed by atoms with van der Waals surface area (Å²) in [4.78, 5) is 0. The Morgan fingerprint density at radius 1 is 1.53 bits per heavy atom. The number of nitrogens with one attached hydrogen (secondary N) is 1. The molecule has 1 aliphatic carbocycles. The lowest BCUT2D eigenvalue weighted by Crippen LogP contribution is -2.30. The zero-order chi connectivity index (χ0) is 13.5. The first kappa shape index (κ1) is 14.5. The molecule has 0 amide bonds. The van der Waals surface area contributed by atoms with Crippen molar-refractivity contribution in [2.24, 2.45) is 0 Å². The van der Waals surface area contributed by atoms with Crippen LogP contribution in [0, 0.1) is 0 Å². The summed E-state index contributed by atoms with van der Waals surface area (Å²) in [5, 5.41) is 17.7. The van der Waals surface area contributed by atoms with E-state index in [0.29, 0.717) is 25.6 Å². The summed E-state index contributed by atoms with van der Waals surface area (Å²) in [6.45, 7) is 2.02. The van der Waals surface area contributed by atoms with Crippen LogP contribution in [-0.4, -0.2) is 47.8 Å². The molecule has 108 valence electrons. The SMILES string of the molecule is COCCNCC(O)Cc1ccn(C2CCCC2)n1. The van der Waals surface area contributed by atoms with Gasteiger partial charge in [-0.1, -0.05) is 12.8 Å². The van der Waals surface area contributed by atoms with E-state index in [1.165, 1.54) is 25.7 Å². The fraction of sp³-hybridized carbons (Fsp3) is 0.786. The Hall–Kier alpha value is -0.910. The molecule has 2 N–H and O–H groups in total. The van der Waals surface area contributed by atoms with Crippen molar-refractivity contribution in [3.05, 3.63) is 18.0 Å². The molecule has 1 aromatic heterocycles. The Labute approximate surface area is 115 Å². The van der Waals surface area contributed by atoms with Crippen LogP contribution >= 0.6 is 0 Å². The minimum absolute atomic E-state index is 0.385. The van der Waals surface area contributed by atoms with E-state index >= 15 is 0 Å². The maximum absolute atomic E-state index is 9.92. The molecule has 5 heteroatoms. The van der Waals surface area contributed by atoms with E-state index in [1.54, 1.807) is 7.11 Å². The minimum atomic E-state index is -0.385. The maximum atomic E-state index is 9.92. The van der Waals surface area contributed by atoms with Crippen LogP contribution in [0.1, 0.15) is 37.4 Å². The summed E-state index contributed by atoms with van der Waals surface area (Å²) < 4.78 is 7.02. The first-order valence-electron chi connectivity index (χ1n) is 7.21. The molecule has 1 atom stereocenters. The van der Waals surface area contributed by atoms with Crippen LogP contribution < -0.4 is 5.32 Å². The number of hydrogen-bond donors (Lipinski definition) is 2. The van der Waals surface area contributed by atoms with Crippen molar-refractivity contribution >= 4 is 0 Å². The van der Waals surface area contributed by atoms with Gasteiger partial charge in [0.15, 0.2) is 0 Å². The van der Waals surface area contributed by atoms with Crippen LogP contribution in [0.3, 0.4) is 0 Å². The Morgan fingerprint density at radius 2 is 2.32 bits per heavy atom. The number of ether oxygens (including phenoxy) is 1. The number of nitrogens with zero attached hydrogens (tertiary/aromatic N) is 2. The Morgan fingerprint density at radius 3 is 3.05 bits per heavy atom. The van der Waals surface area contributed by atoms with Gasteiger partial charge in [0.05, 0.1) is 24.4 Å². The summed E-state index contributed by atoms with van der Waals surface area (Å²) in [5.74, 6) is 0. The molecule has 1 saturated carbocycles. The summed E-state index contributed by atoms with van der Waals surface area (Å²) in [6, 6.07) is 2.60. The van der Waals surface area contributed by atoms with Gasteiger partial charge in [-0.3, -0.25) is 4.68 Å². The van der Waals surface area contributed by atoms with Gasteiger partial charge < -0.3 is 15.2 Å².